The molecule has 1 aromatic carbocycles. The molecular formula is C10H12N2O7S. The molecule has 0 spiro atoms. The minimum atomic E-state index is -4.79. The summed E-state index contributed by atoms with van der Waals surface area (Å²) in [4.78, 5) is 19.3. The van der Waals surface area contributed by atoms with Crippen LogP contribution in [0.5, 0.6) is 0 Å². The summed E-state index contributed by atoms with van der Waals surface area (Å²) in [7, 11) is -4.79. The lowest BCUT2D eigenvalue weighted by Gasteiger charge is -2.19. The van der Waals surface area contributed by atoms with E-state index in [-0.39, 0.29) is 5.56 Å². The van der Waals surface area contributed by atoms with Gasteiger partial charge in [0.1, 0.15) is 10.5 Å². The largest absolute Gasteiger partial charge is 0.295 e. The van der Waals surface area contributed by atoms with Gasteiger partial charge in [-0.3, -0.25) is 24.8 Å². The zero-order valence-electron chi connectivity index (χ0n) is 10.9. The van der Waals surface area contributed by atoms with Crippen molar-refractivity contribution in [3.8, 4) is 0 Å². The van der Waals surface area contributed by atoms with Crippen molar-refractivity contribution in [2.45, 2.75) is 31.1 Å². The molecule has 20 heavy (non-hydrogen) atoms. The second-order valence-corrected chi connectivity index (χ2v) is 6.50. The average molecular weight is 304 g/mol. The highest BCUT2D eigenvalue weighted by Crippen LogP contribution is 2.40. The molecule has 0 atom stereocenters. The third-order valence-corrected chi connectivity index (χ3v) is 3.34. The van der Waals surface area contributed by atoms with E-state index in [0.717, 1.165) is 0 Å². The van der Waals surface area contributed by atoms with Crippen LogP contribution in [0.2, 0.25) is 0 Å². The highest BCUT2D eigenvalue weighted by molar-refractivity contribution is 7.85. The Labute approximate surface area is 114 Å². The first-order chi connectivity index (χ1) is 8.85. The van der Waals surface area contributed by atoms with E-state index in [1.165, 1.54) is 20.8 Å². The maximum Gasteiger partial charge on any atom is 0.295 e. The fraction of sp³-hybridized carbons (Fsp3) is 0.400. The van der Waals surface area contributed by atoms with E-state index >= 15 is 0 Å². The maximum absolute atomic E-state index is 11.1. The summed E-state index contributed by atoms with van der Waals surface area (Å²) < 4.78 is 31.0. The van der Waals surface area contributed by atoms with Crippen molar-refractivity contribution in [3.63, 3.8) is 0 Å². The minimum absolute atomic E-state index is 0.208. The fourth-order valence-electron chi connectivity index (χ4n) is 1.79. The Morgan fingerprint density at radius 1 is 1.05 bits per heavy atom. The van der Waals surface area contributed by atoms with Crippen molar-refractivity contribution in [1.29, 1.82) is 0 Å². The maximum atomic E-state index is 11.1. The molecule has 10 heteroatoms. The summed E-state index contributed by atoms with van der Waals surface area (Å²) in [6, 6.07) is 1.23. The molecule has 0 bridgehead atoms. The van der Waals surface area contributed by atoms with Gasteiger partial charge in [-0.05, 0) is 0 Å². The van der Waals surface area contributed by atoms with Gasteiger partial charge in [0.2, 0.25) is 0 Å². The van der Waals surface area contributed by atoms with Gasteiger partial charge < -0.3 is 0 Å². The molecule has 1 N–H and O–H groups in total. The van der Waals surface area contributed by atoms with E-state index in [2.05, 4.69) is 0 Å². The lowest BCUT2D eigenvalue weighted by atomic mass is 9.84. The van der Waals surface area contributed by atoms with Gasteiger partial charge in [-0.25, -0.2) is 0 Å². The molecule has 0 unspecified atom stereocenters. The zero-order valence-corrected chi connectivity index (χ0v) is 11.7. The van der Waals surface area contributed by atoms with Crippen LogP contribution in [-0.4, -0.2) is 22.8 Å². The Bertz CT molecular complexity index is 653. The topological polar surface area (TPSA) is 141 Å². The third-order valence-electron chi connectivity index (χ3n) is 2.51. The number of rotatable bonds is 3. The summed E-state index contributed by atoms with van der Waals surface area (Å²) in [5, 5.41) is 22.1. The van der Waals surface area contributed by atoms with Crippen LogP contribution < -0.4 is 0 Å². The molecule has 0 heterocycles. The molecule has 0 saturated heterocycles. The van der Waals surface area contributed by atoms with Gasteiger partial charge in [0.05, 0.1) is 9.85 Å². The van der Waals surface area contributed by atoms with Crippen LogP contribution in [0.1, 0.15) is 26.3 Å². The number of hydrogen-bond acceptors (Lipinski definition) is 6. The first-order valence-corrected chi connectivity index (χ1v) is 6.74. The van der Waals surface area contributed by atoms with Crippen LogP contribution in [0.4, 0.5) is 11.4 Å². The normalized spacial score (nSPS) is 12.2. The first-order valence-electron chi connectivity index (χ1n) is 5.30. The van der Waals surface area contributed by atoms with Crippen LogP contribution in [0.15, 0.2) is 17.0 Å². The van der Waals surface area contributed by atoms with Crippen molar-refractivity contribution in [1.82, 2.24) is 0 Å². The molecule has 0 amide bonds. The predicted molar refractivity (Wildman–Crippen MR) is 68.3 cm³/mol. The molecule has 110 valence electrons. The highest BCUT2D eigenvalue weighted by Gasteiger charge is 2.36. The molecule has 0 aliphatic carbocycles. The smallest absolute Gasteiger partial charge is 0.282 e. The Morgan fingerprint density at radius 2 is 1.40 bits per heavy atom. The molecule has 1 rings (SSSR count). The summed E-state index contributed by atoms with van der Waals surface area (Å²) in [6.45, 7) is 4.57. The molecule has 0 aliphatic heterocycles. The number of nitrogens with zero attached hydrogens (tertiary/aromatic N) is 2. The number of nitro benzene ring substituents is 2. The van der Waals surface area contributed by atoms with Crippen LogP contribution in [0.25, 0.3) is 0 Å². The van der Waals surface area contributed by atoms with Crippen molar-refractivity contribution in [2.24, 2.45) is 0 Å². The van der Waals surface area contributed by atoms with E-state index < -0.39 is 41.6 Å². The third kappa shape index (κ3) is 3.08. The molecule has 1 aromatic rings. The number of benzene rings is 1. The highest BCUT2D eigenvalue weighted by atomic mass is 32.2. The van der Waals surface area contributed by atoms with Crippen LogP contribution in [0.3, 0.4) is 0 Å². The zero-order chi connectivity index (χ0) is 15.9. The van der Waals surface area contributed by atoms with Crippen LogP contribution in [0, 0.1) is 20.2 Å². The van der Waals surface area contributed by atoms with Crippen LogP contribution >= 0.6 is 0 Å². The number of hydrogen-bond donors (Lipinski definition) is 1. The minimum Gasteiger partial charge on any atom is -0.282 e. The molecule has 0 radical (unpaired) electrons. The summed E-state index contributed by atoms with van der Waals surface area (Å²) in [5.41, 5.74) is -2.61. The monoisotopic (exact) mass is 304 g/mol. The van der Waals surface area contributed by atoms with E-state index in [9.17, 15) is 28.6 Å². The van der Waals surface area contributed by atoms with E-state index in [1.807, 2.05) is 0 Å². The van der Waals surface area contributed by atoms with Gasteiger partial charge in [-0.1, -0.05) is 20.8 Å². The fourth-order valence-corrected chi connectivity index (χ4v) is 2.31. The number of nitro groups is 2. The van der Waals surface area contributed by atoms with Crippen molar-refractivity contribution in [2.75, 3.05) is 0 Å². The first kappa shape index (κ1) is 16.0. The summed E-state index contributed by atoms with van der Waals surface area (Å²) >= 11 is 0. The quantitative estimate of drug-likeness (QED) is 0.511. The second kappa shape index (κ2) is 4.80. The molecular weight excluding hydrogens is 292 g/mol. The van der Waals surface area contributed by atoms with Crippen LogP contribution in [-0.2, 0) is 15.5 Å². The van der Waals surface area contributed by atoms with Gasteiger partial charge in [0, 0.05) is 17.5 Å². The van der Waals surface area contributed by atoms with Gasteiger partial charge in [-0.15, -0.1) is 0 Å². The Hall–Kier alpha value is -2.07. The SMILES string of the molecule is CC(C)(C)c1c([N+](=O)[O-])cc(S(=O)(=O)O)cc1[N+](=O)[O-]. The summed E-state index contributed by atoms with van der Waals surface area (Å²) in [5.74, 6) is 0. The predicted octanol–water partition coefficient (Wildman–Crippen LogP) is 2.05. The Kier molecular flexibility index (Phi) is 3.83. The van der Waals surface area contributed by atoms with Crippen molar-refractivity contribution in [3.05, 3.63) is 37.9 Å². The average Bonchev–Trinajstić information content (AvgIpc) is 2.24. The van der Waals surface area contributed by atoms with E-state index in [4.69, 9.17) is 4.55 Å². The molecule has 0 aromatic heterocycles. The molecule has 0 saturated carbocycles. The molecule has 9 nitrogen and oxygen atoms in total. The van der Waals surface area contributed by atoms with Gasteiger partial charge in [0.25, 0.3) is 21.5 Å². The van der Waals surface area contributed by atoms with Gasteiger partial charge in [-0.2, -0.15) is 8.42 Å². The lowest BCUT2D eigenvalue weighted by Crippen LogP contribution is -2.17. The second-order valence-electron chi connectivity index (χ2n) is 5.08. The van der Waals surface area contributed by atoms with Crippen molar-refractivity contribution >= 4 is 21.5 Å². The Morgan fingerprint density at radius 3 is 1.60 bits per heavy atom. The van der Waals surface area contributed by atoms with E-state index in [0.29, 0.717) is 12.1 Å². The molecule has 0 aliphatic rings. The van der Waals surface area contributed by atoms with E-state index in [1.54, 1.807) is 0 Å². The Balaban J connectivity index is 3.93. The molecule has 0 fully saturated rings. The lowest BCUT2D eigenvalue weighted by molar-refractivity contribution is -0.396. The van der Waals surface area contributed by atoms with Gasteiger partial charge >= 0.3 is 0 Å². The summed E-state index contributed by atoms with van der Waals surface area (Å²) in [6.07, 6.45) is 0. The van der Waals surface area contributed by atoms with Crippen molar-refractivity contribution < 1.29 is 22.8 Å². The standard InChI is InChI=1S/C10H12N2O7S/c1-10(2,3)9-7(11(13)14)4-6(20(17,18)19)5-8(9)12(15)16/h4-5H,1-3H3,(H,17,18,19). The van der Waals surface area contributed by atoms with Gasteiger partial charge in [0.15, 0.2) is 0 Å².